The number of nitrogens with one attached hydrogen (secondary N) is 2. The smallest absolute Gasteiger partial charge is 0.278 e. The average molecular weight is 265 g/mol. The van der Waals surface area contributed by atoms with Crippen LogP contribution in [0, 0.1) is 6.92 Å². The molecule has 2 N–H and O–H groups in total. The SMILES string of the molecule is CCc1ccc(NS(=O)(=O)c2cnc(C)[nH]2)cc1. The summed E-state index contributed by atoms with van der Waals surface area (Å²) in [7, 11) is -3.58. The van der Waals surface area contributed by atoms with Crippen LogP contribution in [0.5, 0.6) is 0 Å². The largest absolute Gasteiger partial charge is 0.332 e. The lowest BCUT2D eigenvalue weighted by atomic mass is 10.2. The van der Waals surface area contributed by atoms with Gasteiger partial charge < -0.3 is 4.98 Å². The third-order valence-corrected chi connectivity index (χ3v) is 3.87. The summed E-state index contributed by atoms with van der Waals surface area (Å²) in [6.07, 6.45) is 2.23. The number of hydrogen-bond donors (Lipinski definition) is 2. The fourth-order valence-electron chi connectivity index (χ4n) is 1.55. The lowest BCUT2D eigenvalue weighted by Crippen LogP contribution is -2.13. The monoisotopic (exact) mass is 265 g/mol. The Morgan fingerprint density at radius 3 is 2.44 bits per heavy atom. The number of hydrogen-bond acceptors (Lipinski definition) is 3. The van der Waals surface area contributed by atoms with E-state index < -0.39 is 10.0 Å². The van der Waals surface area contributed by atoms with E-state index in [9.17, 15) is 8.42 Å². The molecule has 0 aliphatic rings. The van der Waals surface area contributed by atoms with Gasteiger partial charge in [0.1, 0.15) is 5.82 Å². The Bertz CT molecular complexity index is 630. The van der Waals surface area contributed by atoms with Crippen molar-refractivity contribution < 1.29 is 8.42 Å². The molecule has 96 valence electrons. The van der Waals surface area contributed by atoms with Crippen LogP contribution in [-0.2, 0) is 16.4 Å². The predicted molar refractivity (Wildman–Crippen MR) is 70.0 cm³/mol. The van der Waals surface area contributed by atoms with Crippen molar-refractivity contribution in [3.8, 4) is 0 Å². The number of H-pyrrole nitrogens is 1. The van der Waals surface area contributed by atoms with Gasteiger partial charge in [0.15, 0.2) is 5.03 Å². The molecule has 1 aromatic heterocycles. The third-order valence-electron chi connectivity index (χ3n) is 2.58. The molecule has 0 saturated heterocycles. The summed E-state index contributed by atoms with van der Waals surface area (Å²) in [4.78, 5) is 6.57. The summed E-state index contributed by atoms with van der Waals surface area (Å²) in [5.41, 5.74) is 1.70. The van der Waals surface area contributed by atoms with E-state index in [4.69, 9.17) is 0 Å². The molecule has 0 bridgehead atoms. The fraction of sp³-hybridized carbons (Fsp3) is 0.250. The van der Waals surface area contributed by atoms with Crippen LogP contribution in [-0.4, -0.2) is 18.4 Å². The van der Waals surface area contributed by atoms with Crippen molar-refractivity contribution in [2.24, 2.45) is 0 Å². The second-order valence-electron chi connectivity index (χ2n) is 3.99. The molecule has 0 amide bonds. The molecule has 0 spiro atoms. The highest BCUT2D eigenvalue weighted by atomic mass is 32.2. The summed E-state index contributed by atoms with van der Waals surface area (Å²) >= 11 is 0. The summed E-state index contributed by atoms with van der Waals surface area (Å²) in [5, 5.41) is 0.0690. The molecule has 0 aliphatic heterocycles. The molecule has 0 unspecified atom stereocenters. The summed E-state index contributed by atoms with van der Waals surface area (Å²) in [5.74, 6) is 0.566. The number of aromatic nitrogens is 2. The number of imidazole rings is 1. The lowest BCUT2D eigenvalue weighted by Gasteiger charge is -2.06. The summed E-state index contributed by atoms with van der Waals surface area (Å²) in [6.45, 7) is 3.75. The van der Waals surface area contributed by atoms with Crippen molar-refractivity contribution in [3.05, 3.63) is 41.9 Å². The van der Waals surface area contributed by atoms with Gasteiger partial charge in [0.25, 0.3) is 10.0 Å². The Balaban J connectivity index is 2.22. The van der Waals surface area contributed by atoms with Gasteiger partial charge in [0.05, 0.1) is 6.20 Å². The number of sulfonamides is 1. The van der Waals surface area contributed by atoms with Gasteiger partial charge in [-0.1, -0.05) is 19.1 Å². The minimum atomic E-state index is -3.58. The third kappa shape index (κ3) is 2.70. The Morgan fingerprint density at radius 1 is 1.28 bits per heavy atom. The van der Waals surface area contributed by atoms with Crippen molar-refractivity contribution in [2.75, 3.05) is 4.72 Å². The molecule has 2 rings (SSSR count). The Morgan fingerprint density at radius 2 is 1.94 bits per heavy atom. The van der Waals surface area contributed by atoms with Gasteiger partial charge in [-0.05, 0) is 31.0 Å². The highest BCUT2D eigenvalue weighted by molar-refractivity contribution is 7.92. The molecule has 6 heteroatoms. The second kappa shape index (κ2) is 4.81. The van der Waals surface area contributed by atoms with Crippen molar-refractivity contribution >= 4 is 15.7 Å². The first-order chi connectivity index (χ1) is 8.51. The van der Waals surface area contributed by atoms with Crippen LogP contribution >= 0.6 is 0 Å². The van der Waals surface area contributed by atoms with E-state index in [1.54, 1.807) is 19.1 Å². The van der Waals surface area contributed by atoms with E-state index in [-0.39, 0.29) is 5.03 Å². The zero-order valence-electron chi connectivity index (χ0n) is 10.3. The zero-order chi connectivity index (χ0) is 13.2. The molecule has 0 fully saturated rings. The maximum atomic E-state index is 12.0. The molecule has 2 aromatic rings. The zero-order valence-corrected chi connectivity index (χ0v) is 11.1. The fourth-order valence-corrected chi connectivity index (χ4v) is 2.58. The van der Waals surface area contributed by atoms with Crippen molar-refractivity contribution in [2.45, 2.75) is 25.3 Å². The van der Waals surface area contributed by atoms with E-state index in [0.717, 1.165) is 12.0 Å². The first-order valence-electron chi connectivity index (χ1n) is 5.64. The molecule has 0 saturated carbocycles. The summed E-state index contributed by atoms with van der Waals surface area (Å²) in [6, 6.07) is 7.30. The number of anilines is 1. The number of aromatic amines is 1. The van der Waals surface area contributed by atoms with Crippen LogP contribution in [0.3, 0.4) is 0 Å². The Kier molecular flexibility index (Phi) is 3.38. The standard InChI is InChI=1S/C12H15N3O2S/c1-3-10-4-6-11(7-5-10)15-18(16,17)12-8-13-9(2)14-12/h4-8,15H,3H2,1-2H3,(H,13,14). The van der Waals surface area contributed by atoms with Crippen LogP contribution in [0.25, 0.3) is 0 Å². The molecule has 5 nitrogen and oxygen atoms in total. The van der Waals surface area contributed by atoms with Crippen molar-refractivity contribution in [1.29, 1.82) is 0 Å². The van der Waals surface area contributed by atoms with Crippen LogP contribution in [0.1, 0.15) is 18.3 Å². The molecule has 1 aromatic carbocycles. The van der Waals surface area contributed by atoms with Gasteiger partial charge in [-0.25, -0.2) is 4.98 Å². The number of nitrogens with zero attached hydrogens (tertiary/aromatic N) is 1. The van der Waals surface area contributed by atoms with Crippen molar-refractivity contribution in [3.63, 3.8) is 0 Å². The minimum absolute atomic E-state index is 0.0690. The van der Waals surface area contributed by atoms with E-state index in [0.29, 0.717) is 11.5 Å². The Labute approximate surface area is 106 Å². The summed E-state index contributed by atoms with van der Waals surface area (Å²) < 4.78 is 26.5. The predicted octanol–water partition coefficient (Wildman–Crippen LogP) is 2.08. The number of rotatable bonds is 4. The van der Waals surface area contributed by atoms with Gasteiger partial charge in [-0.2, -0.15) is 8.42 Å². The van der Waals surface area contributed by atoms with Crippen LogP contribution in [0.15, 0.2) is 35.5 Å². The normalized spacial score (nSPS) is 11.4. The van der Waals surface area contributed by atoms with Gasteiger partial charge in [0, 0.05) is 5.69 Å². The molecule has 1 heterocycles. The van der Waals surface area contributed by atoms with Gasteiger partial charge >= 0.3 is 0 Å². The Hall–Kier alpha value is -1.82. The second-order valence-corrected chi connectivity index (χ2v) is 5.64. The van der Waals surface area contributed by atoms with E-state index >= 15 is 0 Å². The maximum absolute atomic E-state index is 12.0. The topological polar surface area (TPSA) is 74.8 Å². The van der Waals surface area contributed by atoms with Crippen LogP contribution in [0.2, 0.25) is 0 Å². The highest BCUT2D eigenvalue weighted by Gasteiger charge is 2.16. The quantitative estimate of drug-likeness (QED) is 0.888. The molecule has 0 radical (unpaired) electrons. The highest BCUT2D eigenvalue weighted by Crippen LogP contribution is 2.15. The minimum Gasteiger partial charge on any atom is -0.332 e. The lowest BCUT2D eigenvalue weighted by molar-refractivity contribution is 0.598. The van der Waals surface area contributed by atoms with Crippen LogP contribution in [0.4, 0.5) is 5.69 Å². The van der Waals surface area contributed by atoms with Gasteiger partial charge in [0.2, 0.25) is 0 Å². The molecular weight excluding hydrogens is 250 g/mol. The maximum Gasteiger partial charge on any atom is 0.278 e. The van der Waals surface area contributed by atoms with Gasteiger partial charge in [-0.3, -0.25) is 4.72 Å². The number of aryl methyl sites for hydroxylation is 2. The molecule has 0 atom stereocenters. The molecule has 0 aliphatic carbocycles. The molecular formula is C12H15N3O2S. The molecule has 18 heavy (non-hydrogen) atoms. The van der Waals surface area contributed by atoms with Gasteiger partial charge in [-0.15, -0.1) is 0 Å². The van der Waals surface area contributed by atoms with E-state index in [1.165, 1.54) is 6.20 Å². The first kappa shape index (κ1) is 12.6. The average Bonchev–Trinajstić information content (AvgIpc) is 2.77. The first-order valence-corrected chi connectivity index (χ1v) is 7.13. The number of benzene rings is 1. The van der Waals surface area contributed by atoms with Crippen molar-refractivity contribution in [1.82, 2.24) is 9.97 Å². The van der Waals surface area contributed by atoms with E-state index in [2.05, 4.69) is 14.7 Å². The van der Waals surface area contributed by atoms with E-state index in [1.807, 2.05) is 19.1 Å². The van der Waals surface area contributed by atoms with Crippen LogP contribution < -0.4 is 4.72 Å².